The lowest BCUT2D eigenvalue weighted by Gasteiger charge is -2.37. The number of anilines is 1. The molecule has 8 heteroatoms. The quantitative estimate of drug-likeness (QED) is 0.699. The monoisotopic (exact) mass is 449 g/mol. The maximum atomic E-state index is 12.9. The predicted molar refractivity (Wildman–Crippen MR) is 118 cm³/mol. The molecule has 3 heterocycles. The number of amides is 1. The van der Waals surface area contributed by atoms with Crippen LogP contribution in [0, 0.1) is 6.92 Å². The molecule has 1 aromatic heterocycles. The summed E-state index contributed by atoms with van der Waals surface area (Å²) in [6.45, 7) is 6.18. The van der Waals surface area contributed by atoms with Crippen molar-refractivity contribution in [2.75, 3.05) is 44.3 Å². The van der Waals surface area contributed by atoms with Crippen molar-refractivity contribution >= 4 is 34.8 Å². The van der Waals surface area contributed by atoms with Gasteiger partial charge in [-0.15, -0.1) is 0 Å². The summed E-state index contributed by atoms with van der Waals surface area (Å²) in [5.41, 5.74) is 2.77. The topological polar surface area (TPSA) is 54.9 Å². The van der Waals surface area contributed by atoms with Gasteiger partial charge in [0.15, 0.2) is 0 Å². The number of carbonyl (C=O) groups is 1. The normalized spacial score (nSPS) is 17.8. The second-order valence-corrected chi connectivity index (χ2v) is 8.49. The van der Waals surface area contributed by atoms with E-state index >= 15 is 0 Å². The van der Waals surface area contributed by atoms with Gasteiger partial charge in [-0.25, -0.2) is 4.98 Å². The number of ether oxygens (including phenoxy) is 2. The predicted octanol–water partition coefficient (Wildman–Crippen LogP) is 4.22. The molecule has 2 aromatic rings. The summed E-state index contributed by atoms with van der Waals surface area (Å²) in [7, 11) is 0. The van der Waals surface area contributed by atoms with Crippen molar-refractivity contribution in [1.82, 2.24) is 9.88 Å². The Morgan fingerprint density at radius 2 is 1.87 bits per heavy atom. The van der Waals surface area contributed by atoms with E-state index in [4.69, 9.17) is 32.7 Å². The molecule has 2 fully saturated rings. The summed E-state index contributed by atoms with van der Waals surface area (Å²) in [5.74, 6) is 0.311. The highest BCUT2D eigenvalue weighted by molar-refractivity contribution is 6.32. The number of pyridine rings is 1. The lowest BCUT2D eigenvalue weighted by molar-refractivity contribution is 0.0238. The van der Waals surface area contributed by atoms with E-state index in [2.05, 4.69) is 16.8 Å². The molecule has 0 unspecified atom stereocenters. The highest BCUT2D eigenvalue weighted by Crippen LogP contribution is 2.28. The van der Waals surface area contributed by atoms with Gasteiger partial charge in [-0.1, -0.05) is 29.3 Å². The number of piperazine rings is 1. The molecule has 0 radical (unpaired) electrons. The summed E-state index contributed by atoms with van der Waals surface area (Å²) in [6.07, 6.45) is 3.23. The minimum atomic E-state index is -0.0653. The zero-order chi connectivity index (χ0) is 21.1. The molecule has 1 amide bonds. The van der Waals surface area contributed by atoms with Gasteiger partial charge in [-0.3, -0.25) is 4.79 Å². The van der Waals surface area contributed by atoms with Crippen LogP contribution in [0.2, 0.25) is 10.0 Å². The Balaban J connectivity index is 1.38. The summed E-state index contributed by atoms with van der Waals surface area (Å²) in [5, 5.41) is 1.08. The van der Waals surface area contributed by atoms with E-state index in [-0.39, 0.29) is 12.0 Å². The zero-order valence-electron chi connectivity index (χ0n) is 16.9. The minimum Gasteiger partial charge on any atom is -0.473 e. The Labute approximate surface area is 186 Å². The van der Waals surface area contributed by atoms with Crippen molar-refractivity contribution in [3.63, 3.8) is 0 Å². The first-order valence-electron chi connectivity index (χ1n) is 10.2. The fourth-order valence-electron chi connectivity index (χ4n) is 3.84. The number of rotatable bonds is 4. The molecule has 0 spiro atoms. The molecule has 2 aliphatic rings. The van der Waals surface area contributed by atoms with Crippen LogP contribution in [0.15, 0.2) is 30.5 Å². The lowest BCUT2D eigenvalue weighted by Crippen LogP contribution is -2.49. The molecule has 30 heavy (non-hydrogen) atoms. The standard InChI is InChI=1S/C22H25Cl2N3O3/c1-15-2-3-17(23)13-20(15)26-6-8-27(9-7-26)22(28)16-12-19(24)21(25-14-16)30-18-4-10-29-11-5-18/h2-3,12-14,18H,4-11H2,1H3. The Kier molecular flexibility index (Phi) is 6.66. The van der Waals surface area contributed by atoms with Crippen molar-refractivity contribution in [3.05, 3.63) is 51.6 Å². The molecule has 2 aliphatic heterocycles. The number of halogens is 2. The Morgan fingerprint density at radius 3 is 2.57 bits per heavy atom. The third kappa shape index (κ3) is 4.82. The van der Waals surface area contributed by atoms with Gasteiger partial charge in [0.05, 0.1) is 18.8 Å². The first-order chi connectivity index (χ1) is 14.5. The summed E-state index contributed by atoms with van der Waals surface area (Å²) < 4.78 is 11.2. The van der Waals surface area contributed by atoms with Crippen LogP contribution in [-0.4, -0.2) is 61.3 Å². The van der Waals surface area contributed by atoms with E-state index in [9.17, 15) is 4.79 Å². The van der Waals surface area contributed by atoms with E-state index in [1.165, 1.54) is 5.56 Å². The number of hydrogen-bond acceptors (Lipinski definition) is 5. The van der Waals surface area contributed by atoms with Gasteiger partial charge in [-0.2, -0.15) is 0 Å². The number of aromatic nitrogens is 1. The molecule has 2 saturated heterocycles. The number of carbonyl (C=O) groups excluding carboxylic acids is 1. The summed E-state index contributed by atoms with van der Waals surface area (Å²) in [6, 6.07) is 7.55. The van der Waals surface area contributed by atoms with Gasteiger partial charge in [0.25, 0.3) is 5.91 Å². The van der Waals surface area contributed by atoms with Crippen LogP contribution in [0.3, 0.4) is 0 Å². The average Bonchev–Trinajstić information content (AvgIpc) is 2.77. The number of hydrogen-bond donors (Lipinski definition) is 0. The van der Waals surface area contributed by atoms with Crippen LogP contribution in [0.1, 0.15) is 28.8 Å². The molecule has 0 aliphatic carbocycles. The molecular weight excluding hydrogens is 425 g/mol. The molecule has 0 atom stereocenters. The van der Waals surface area contributed by atoms with E-state index in [0.29, 0.717) is 42.8 Å². The molecule has 6 nitrogen and oxygen atoms in total. The average molecular weight is 450 g/mol. The third-order valence-electron chi connectivity index (χ3n) is 5.58. The Morgan fingerprint density at radius 1 is 1.13 bits per heavy atom. The van der Waals surface area contributed by atoms with Crippen LogP contribution in [0.5, 0.6) is 5.88 Å². The third-order valence-corrected chi connectivity index (χ3v) is 6.09. The molecule has 4 rings (SSSR count). The highest BCUT2D eigenvalue weighted by atomic mass is 35.5. The van der Waals surface area contributed by atoms with Crippen LogP contribution in [-0.2, 0) is 4.74 Å². The van der Waals surface area contributed by atoms with Gasteiger partial charge in [0.1, 0.15) is 11.1 Å². The van der Waals surface area contributed by atoms with Crippen molar-refractivity contribution in [2.24, 2.45) is 0 Å². The van der Waals surface area contributed by atoms with Crippen molar-refractivity contribution in [3.8, 4) is 5.88 Å². The number of benzene rings is 1. The fraction of sp³-hybridized carbons (Fsp3) is 0.455. The molecule has 0 saturated carbocycles. The van der Waals surface area contributed by atoms with Crippen molar-refractivity contribution in [2.45, 2.75) is 25.9 Å². The summed E-state index contributed by atoms with van der Waals surface area (Å²) in [4.78, 5) is 21.4. The molecule has 1 aromatic carbocycles. The summed E-state index contributed by atoms with van der Waals surface area (Å²) >= 11 is 12.5. The van der Waals surface area contributed by atoms with Crippen LogP contribution < -0.4 is 9.64 Å². The number of aryl methyl sites for hydroxylation is 1. The Bertz CT molecular complexity index is 910. The maximum absolute atomic E-state index is 12.9. The van der Waals surface area contributed by atoms with Gasteiger partial charge in [0.2, 0.25) is 5.88 Å². The van der Waals surface area contributed by atoms with Crippen LogP contribution in [0.4, 0.5) is 5.69 Å². The second kappa shape index (κ2) is 9.41. The second-order valence-electron chi connectivity index (χ2n) is 7.65. The van der Waals surface area contributed by atoms with Crippen LogP contribution in [0.25, 0.3) is 0 Å². The smallest absolute Gasteiger partial charge is 0.255 e. The molecule has 160 valence electrons. The van der Waals surface area contributed by atoms with E-state index in [1.54, 1.807) is 12.3 Å². The van der Waals surface area contributed by atoms with Crippen molar-refractivity contribution < 1.29 is 14.3 Å². The fourth-order valence-corrected chi connectivity index (χ4v) is 4.21. The van der Waals surface area contributed by atoms with Gasteiger partial charge in [0, 0.05) is 55.9 Å². The van der Waals surface area contributed by atoms with Gasteiger partial charge < -0.3 is 19.3 Å². The highest BCUT2D eigenvalue weighted by Gasteiger charge is 2.25. The first-order valence-corrected chi connectivity index (χ1v) is 11.0. The maximum Gasteiger partial charge on any atom is 0.255 e. The van der Waals surface area contributed by atoms with E-state index in [0.717, 1.165) is 36.6 Å². The van der Waals surface area contributed by atoms with Gasteiger partial charge >= 0.3 is 0 Å². The van der Waals surface area contributed by atoms with Gasteiger partial charge in [-0.05, 0) is 30.7 Å². The van der Waals surface area contributed by atoms with E-state index in [1.807, 2.05) is 23.1 Å². The largest absolute Gasteiger partial charge is 0.473 e. The zero-order valence-corrected chi connectivity index (χ0v) is 18.5. The number of nitrogens with zero attached hydrogens (tertiary/aromatic N) is 3. The Hall–Kier alpha value is -2.02. The molecule has 0 N–H and O–H groups in total. The SMILES string of the molecule is Cc1ccc(Cl)cc1N1CCN(C(=O)c2cnc(OC3CCOCC3)c(Cl)c2)CC1. The lowest BCUT2D eigenvalue weighted by atomic mass is 10.1. The molecular formula is C22H25Cl2N3O3. The van der Waals surface area contributed by atoms with E-state index < -0.39 is 0 Å². The molecule has 0 bridgehead atoms. The van der Waals surface area contributed by atoms with Crippen molar-refractivity contribution in [1.29, 1.82) is 0 Å². The first kappa shape index (κ1) is 21.2. The van der Waals surface area contributed by atoms with Crippen LogP contribution >= 0.6 is 23.2 Å². The minimum absolute atomic E-state index is 0.0494.